The lowest BCUT2D eigenvalue weighted by Gasteiger charge is -2.52. The van der Waals surface area contributed by atoms with E-state index in [0.29, 0.717) is 18.1 Å². The van der Waals surface area contributed by atoms with Crippen LogP contribution >= 0.6 is 11.6 Å². The summed E-state index contributed by atoms with van der Waals surface area (Å²) in [5, 5.41) is 0.570. The number of anilines is 1. The zero-order valence-electron chi connectivity index (χ0n) is 18.2. The number of amides is 4. The van der Waals surface area contributed by atoms with Crippen molar-refractivity contribution in [2.45, 2.75) is 53.0 Å². The summed E-state index contributed by atoms with van der Waals surface area (Å²) in [7, 11) is 0. The molecule has 1 atom stereocenters. The van der Waals surface area contributed by atoms with Crippen LogP contribution in [0, 0.1) is 17.3 Å². The summed E-state index contributed by atoms with van der Waals surface area (Å²) in [6, 6.07) is 5.02. The molecule has 1 aromatic rings. The molecule has 3 aliphatic heterocycles. The van der Waals surface area contributed by atoms with Crippen LogP contribution in [0.5, 0.6) is 0 Å². The number of carbonyl (C=O) groups is 3. The quantitative estimate of drug-likeness (QED) is 0.677. The van der Waals surface area contributed by atoms with Gasteiger partial charge in [-0.1, -0.05) is 45.4 Å². The molecule has 0 saturated carbocycles. The Kier molecular flexibility index (Phi) is 5.33. The maximum absolute atomic E-state index is 13.9. The van der Waals surface area contributed by atoms with Crippen molar-refractivity contribution in [3.05, 3.63) is 28.8 Å². The molecule has 7 heteroatoms. The molecule has 162 valence electrons. The highest BCUT2D eigenvalue weighted by Crippen LogP contribution is 2.51. The molecule has 2 saturated heterocycles. The molecule has 0 radical (unpaired) electrons. The van der Waals surface area contributed by atoms with Gasteiger partial charge in [-0.05, 0) is 42.4 Å². The Balaban J connectivity index is 1.89. The molecule has 4 amide bonds. The monoisotopic (exact) mass is 431 g/mol. The van der Waals surface area contributed by atoms with E-state index in [9.17, 15) is 14.4 Å². The maximum Gasteiger partial charge on any atom is 0.333 e. The number of hydrogen-bond acceptors (Lipinski definition) is 4. The predicted molar refractivity (Wildman–Crippen MR) is 116 cm³/mol. The minimum Gasteiger partial charge on any atom is -0.367 e. The maximum atomic E-state index is 13.9. The van der Waals surface area contributed by atoms with Crippen LogP contribution in [-0.4, -0.2) is 53.3 Å². The van der Waals surface area contributed by atoms with Crippen LogP contribution in [0.2, 0.25) is 5.02 Å². The van der Waals surface area contributed by atoms with E-state index in [-0.39, 0.29) is 36.1 Å². The first-order valence-electron chi connectivity index (χ1n) is 10.9. The smallest absolute Gasteiger partial charge is 0.333 e. The lowest BCUT2D eigenvalue weighted by molar-refractivity contribution is -0.161. The third-order valence-corrected chi connectivity index (χ3v) is 6.85. The molecule has 0 N–H and O–H groups in total. The van der Waals surface area contributed by atoms with Crippen LogP contribution < -0.4 is 4.90 Å². The summed E-state index contributed by atoms with van der Waals surface area (Å²) in [4.78, 5) is 45.9. The van der Waals surface area contributed by atoms with E-state index in [2.05, 4.69) is 4.90 Å². The number of hydrogen-bond donors (Lipinski definition) is 0. The second-order valence-electron chi connectivity index (χ2n) is 9.64. The molecule has 1 unspecified atom stereocenters. The summed E-state index contributed by atoms with van der Waals surface area (Å²) in [6.07, 6.45) is 1.90. The van der Waals surface area contributed by atoms with Gasteiger partial charge in [0.25, 0.3) is 0 Å². The molecule has 1 spiro atoms. The van der Waals surface area contributed by atoms with Crippen LogP contribution in [0.1, 0.15) is 46.1 Å². The van der Waals surface area contributed by atoms with Crippen molar-refractivity contribution < 1.29 is 14.4 Å². The highest BCUT2D eigenvalue weighted by Gasteiger charge is 2.65. The van der Waals surface area contributed by atoms with Gasteiger partial charge in [-0.2, -0.15) is 0 Å². The fraction of sp³-hybridized carbons (Fsp3) is 0.609. The molecule has 6 nitrogen and oxygen atoms in total. The van der Waals surface area contributed by atoms with Gasteiger partial charge in [0.1, 0.15) is 0 Å². The highest BCUT2D eigenvalue weighted by atomic mass is 35.5. The van der Waals surface area contributed by atoms with Crippen molar-refractivity contribution in [1.82, 2.24) is 9.80 Å². The first kappa shape index (κ1) is 21.2. The number of carbonyl (C=O) groups excluding carboxylic acids is 3. The molecular weight excluding hydrogens is 402 g/mol. The molecule has 0 aromatic heterocycles. The highest BCUT2D eigenvalue weighted by molar-refractivity contribution is 6.32. The number of imide groups is 2. The Morgan fingerprint density at radius 1 is 1.03 bits per heavy atom. The zero-order chi connectivity index (χ0) is 21.8. The summed E-state index contributed by atoms with van der Waals surface area (Å²) >= 11 is 6.56. The Morgan fingerprint density at radius 3 is 2.20 bits per heavy atom. The molecule has 0 aliphatic carbocycles. The van der Waals surface area contributed by atoms with Crippen LogP contribution in [0.4, 0.5) is 10.5 Å². The van der Waals surface area contributed by atoms with E-state index >= 15 is 0 Å². The molecule has 4 rings (SSSR count). The number of benzene rings is 1. The van der Waals surface area contributed by atoms with Crippen LogP contribution in [0.15, 0.2) is 18.2 Å². The largest absolute Gasteiger partial charge is 0.367 e. The van der Waals surface area contributed by atoms with Crippen molar-refractivity contribution in [2.24, 2.45) is 17.3 Å². The average Bonchev–Trinajstić information content (AvgIpc) is 3.18. The second-order valence-corrected chi connectivity index (χ2v) is 10.0. The number of nitrogens with zero attached hydrogens (tertiary/aromatic N) is 3. The number of halogens is 1. The van der Waals surface area contributed by atoms with E-state index < -0.39 is 11.4 Å². The van der Waals surface area contributed by atoms with Crippen molar-refractivity contribution in [3.63, 3.8) is 0 Å². The van der Waals surface area contributed by atoms with Crippen molar-refractivity contribution in [1.29, 1.82) is 0 Å². The number of urea groups is 1. The third-order valence-electron chi connectivity index (χ3n) is 6.49. The molecular formula is C23H30ClN3O3. The van der Waals surface area contributed by atoms with Crippen LogP contribution in [0.3, 0.4) is 0 Å². The normalized spacial score (nSPS) is 23.1. The van der Waals surface area contributed by atoms with Crippen LogP contribution in [-0.2, 0) is 16.0 Å². The van der Waals surface area contributed by atoms with E-state index in [1.54, 1.807) is 0 Å². The predicted octanol–water partition coefficient (Wildman–Crippen LogP) is 3.95. The van der Waals surface area contributed by atoms with Gasteiger partial charge in [-0.15, -0.1) is 0 Å². The first-order chi connectivity index (χ1) is 14.2. The van der Waals surface area contributed by atoms with E-state index in [1.165, 1.54) is 9.80 Å². The van der Waals surface area contributed by atoms with Gasteiger partial charge in [0.15, 0.2) is 5.41 Å². The molecule has 2 fully saturated rings. The summed E-state index contributed by atoms with van der Waals surface area (Å²) in [5.41, 5.74) is 0.549. The van der Waals surface area contributed by atoms with Crippen LogP contribution in [0.25, 0.3) is 0 Å². The van der Waals surface area contributed by atoms with E-state index in [0.717, 1.165) is 30.6 Å². The Hall–Kier alpha value is -2.08. The van der Waals surface area contributed by atoms with Gasteiger partial charge in [0, 0.05) is 36.8 Å². The molecule has 30 heavy (non-hydrogen) atoms. The Morgan fingerprint density at radius 2 is 1.63 bits per heavy atom. The summed E-state index contributed by atoms with van der Waals surface area (Å²) in [5.74, 6) is -0.478. The van der Waals surface area contributed by atoms with Crippen molar-refractivity contribution >= 4 is 35.1 Å². The van der Waals surface area contributed by atoms with Gasteiger partial charge in [-0.3, -0.25) is 19.4 Å². The second kappa shape index (κ2) is 7.56. The van der Waals surface area contributed by atoms with E-state index in [4.69, 9.17) is 11.6 Å². The van der Waals surface area contributed by atoms with Gasteiger partial charge >= 0.3 is 6.03 Å². The van der Waals surface area contributed by atoms with Gasteiger partial charge < -0.3 is 4.90 Å². The zero-order valence-corrected chi connectivity index (χ0v) is 18.9. The SMILES string of the molecule is CC(C)CN1C(=O)N(CC(C)C)C(=O)C2(Cc3c(Cl)cccc3N3CCCC32)C1=O. The molecule has 3 heterocycles. The summed E-state index contributed by atoms with van der Waals surface area (Å²) < 4.78 is 0. The van der Waals surface area contributed by atoms with Gasteiger partial charge in [0.05, 0.1) is 6.04 Å². The molecule has 0 bridgehead atoms. The fourth-order valence-electron chi connectivity index (χ4n) is 5.34. The van der Waals surface area contributed by atoms with Crippen molar-refractivity contribution in [2.75, 3.05) is 24.5 Å². The topological polar surface area (TPSA) is 60.9 Å². The lowest BCUT2D eigenvalue weighted by Crippen LogP contribution is -2.72. The minimum absolute atomic E-state index is 0.114. The Bertz CT molecular complexity index is 866. The first-order valence-corrected chi connectivity index (χ1v) is 11.3. The standard InChI is InChI=1S/C23H30ClN3O3/c1-14(2)12-26-20(28)23(21(29)27(22(26)30)13-15(3)4)11-16-17(24)7-5-8-18(16)25-10-6-9-19(23)25/h5,7-8,14-15,19H,6,9-13H2,1-4H3. The summed E-state index contributed by atoms with van der Waals surface area (Å²) in [6.45, 7) is 9.31. The number of barbiturate groups is 1. The lowest BCUT2D eigenvalue weighted by atomic mass is 9.68. The number of fused-ring (bicyclic) bond motifs is 4. The third kappa shape index (κ3) is 3.03. The minimum atomic E-state index is -1.30. The average molecular weight is 432 g/mol. The van der Waals surface area contributed by atoms with Gasteiger partial charge in [-0.25, -0.2) is 4.79 Å². The fourth-order valence-corrected chi connectivity index (χ4v) is 5.57. The van der Waals surface area contributed by atoms with Gasteiger partial charge in [0.2, 0.25) is 11.8 Å². The van der Waals surface area contributed by atoms with E-state index in [1.807, 2.05) is 45.9 Å². The molecule has 1 aromatic carbocycles. The Labute approximate surface area is 183 Å². The molecule has 3 aliphatic rings. The number of rotatable bonds is 4. The van der Waals surface area contributed by atoms with Crippen molar-refractivity contribution in [3.8, 4) is 0 Å².